The Hall–Kier alpha value is -5.60. The van der Waals surface area contributed by atoms with Gasteiger partial charge in [-0.05, 0) is 48.2 Å². The number of carboxylic acid groups (broad SMARTS) is 1. The Labute approximate surface area is 265 Å². The first-order valence-electron chi connectivity index (χ1n) is 14.3. The van der Waals surface area contributed by atoms with Crippen molar-refractivity contribution < 1.29 is 56.5 Å². The summed E-state index contributed by atoms with van der Waals surface area (Å²) in [5.74, 6) is -8.45. The minimum Gasteiger partial charge on any atom is -0.497 e. The van der Waals surface area contributed by atoms with E-state index < -0.39 is 84.0 Å². The predicted octanol–water partition coefficient (Wildman–Crippen LogP) is 3.08. The van der Waals surface area contributed by atoms with Crippen LogP contribution < -0.4 is 29.7 Å². The average Bonchev–Trinajstić information content (AvgIpc) is 3.36. The van der Waals surface area contributed by atoms with E-state index in [1.807, 2.05) is 0 Å². The number of ether oxygens (including phenoxy) is 3. The Balaban J connectivity index is 1.32. The number of benzene rings is 3. The van der Waals surface area contributed by atoms with E-state index in [9.17, 15) is 42.3 Å². The summed E-state index contributed by atoms with van der Waals surface area (Å²) >= 11 is 0. The van der Waals surface area contributed by atoms with Crippen molar-refractivity contribution in [3.05, 3.63) is 83.2 Å². The number of aliphatic carboxylic acids is 1. The lowest BCUT2D eigenvalue weighted by molar-refractivity contribution is -0.140. The molecule has 0 fully saturated rings. The summed E-state index contributed by atoms with van der Waals surface area (Å²) in [5, 5.41) is 14.3. The number of carbonyl (C=O) groups excluding carboxylic acids is 4. The van der Waals surface area contributed by atoms with Crippen LogP contribution in [0.1, 0.15) is 24.0 Å². The number of rotatable bonds is 11. The molecule has 0 radical (unpaired) electrons. The zero-order chi connectivity index (χ0) is 33.8. The van der Waals surface area contributed by atoms with Gasteiger partial charge in [-0.3, -0.25) is 24.1 Å². The molecule has 15 heteroatoms. The maximum atomic E-state index is 14.0. The molecule has 0 saturated carbocycles. The zero-order valence-corrected chi connectivity index (χ0v) is 24.8. The second kappa shape index (κ2) is 13.8. The van der Waals surface area contributed by atoms with Gasteiger partial charge in [-0.1, -0.05) is 18.2 Å². The number of ketones is 1. The molecule has 2 aliphatic heterocycles. The second-order valence-corrected chi connectivity index (χ2v) is 10.8. The van der Waals surface area contributed by atoms with E-state index in [1.165, 1.54) is 24.1 Å². The first kappa shape index (κ1) is 32.8. The fourth-order valence-corrected chi connectivity index (χ4v) is 5.50. The number of para-hydroxylation sites is 1. The SMILES string of the molecule is COc1ccc(OC(=O)NC2CCc3cccc4c3N(C2=O)C(C(=O)NC(CC(=O)O)C(=O)COc2c(F)cc(F)cc2F)C4)cc1. The number of nitrogens with one attached hydrogen (secondary N) is 2. The lowest BCUT2D eigenvalue weighted by atomic mass is 10.0. The third-order valence-corrected chi connectivity index (χ3v) is 7.68. The van der Waals surface area contributed by atoms with E-state index >= 15 is 0 Å². The molecule has 3 atom stereocenters. The standard InChI is InChI=1S/C32H28F3N3O9/c1-45-19-6-8-20(9-7-19)47-32(44)37-23-10-5-16-3-2-4-17-11-25(38(28(16)17)31(23)43)30(42)36-24(14-27(40)41)26(39)15-46-29-21(34)12-18(33)13-22(29)35/h2-4,6-9,12-13,23-25H,5,10-11,14-15H2,1H3,(H,36,42)(H,37,44)(H,40,41). The van der Waals surface area contributed by atoms with Crippen LogP contribution in [0.25, 0.3) is 0 Å². The van der Waals surface area contributed by atoms with Gasteiger partial charge in [-0.2, -0.15) is 0 Å². The highest BCUT2D eigenvalue weighted by Gasteiger charge is 2.45. The number of carbonyl (C=O) groups is 5. The lowest BCUT2D eigenvalue weighted by Gasteiger charge is -2.28. The summed E-state index contributed by atoms with van der Waals surface area (Å²) < 4.78 is 56.5. The van der Waals surface area contributed by atoms with E-state index in [0.717, 1.165) is 5.56 Å². The average molecular weight is 656 g/mol. The van der Waals surface area contributed by atoms with Gasteiger partial charge in [-0.15, -0.1) is 0 Å². The van der Waals surface area contributed by atoms with Gasteiger partial charge in [-0.25, -0.2) is 18.0 Å². The van der Waals surface area contributed by atoms with Gasteiger partial charge in [0.15, 0.2) is 23.2 Å². The molecule has 3 unspecified atom stereocenters. The van der Waals surface area contributed by atoms with Crippen LogP contribution >= 0.6 is 0 Å². The van der Waals surface area contributed by atoms with Crippen LogP contribution in [0.4, 0.5) is 23.7 Å². The highest BCUT2D eigenvalue weighted by Crippen LogP contribution is 2.39. The minimum atomic E-state index is -1.72. The predicted molar refractivity (Wildman–Crippen MR) is 157 cm³/mol. The monoisotopic (exact) mass is 655 g/mol. The van der Waals surface area contributed by atoms with Crippen molar-refractivity contribution in [2.24, 2.45) is 0 Å². The Kier molecular flexibility index (Phi) is 9.63. The molecule has 3 aromatic carbocycles. The van der Waals surface area contributed by atoms with Crippen LogP contribution in [0, 0.1) is 17.5 Å². The minimum absolute atomic E-state index is 0.0141. The molecule has 0 aromatic heterocycles. The second-order valence-electron chi connectivity index (χ2n) is 10.8. The van der Waals surface area contributed by atoms with Crippen molar-refractivity contribution in [3.8, 4) is 17.2 Å². The number of hydrogen-bond donors (Lipinski definition) is 3. The number of halogens is 3. The maximum Gasteiger partial charge on any atom is 0.413 e. The van der Waals surface area contributed by atoms with E-state index in [1.54, 1.807) is 30.3 Å². The summed E-state index contributed by atoms with van der Waals surface area (Å²) in [6.07, 6.45) is -1.28. The third-order valence-electron chi connectivity index (χ3n) is 7.68. The van der Waals surface area contributed by atoms with Crippen molar-refractivity contribution in [1.82, 2.24) is 10.6 Å². The smallest absolute Gasteiger partial charge is 0.413 e. The highest BCUT2D eigenvalue weighted by atomic mass is 19.1. The van der Waals surface area contributed by atoms with Gasteiger partial charge in [0.25, 0.3) is 0 Å². The number of aryl methyl sites for hydroxylation is 1. The van der Waals surface area contributed by atoms with E-state index in [4.69, 9.17) is 14.2 Å². The van der Waals surface area contributed by atoms with Gasteiger partial charge in [0.05, 0.1) is 19.2 Å². The molecular weight excluding hydrogens is 627 g/mol. The highest BCUT2D eigenvalue weighted by molar-refractivity contribution is 6.08. The Bertz CT molecular complexity index is 1710. The first-order chi connectivity index (χ1) is 22.4. The molecule has 5 rings (SSSR count). The molecule has 2 aliphatic rings. The molecule has 0 saturated heterocycles. The number of hydrogen-bond acceptors (Lipinski definition) is 8. The quantitative estimate of drug-likeness (QED) is 0.282. The molecule has 246 valence electrons. The molecule has 0 bridgehead atoms. The molecule has 2 heterocycles. The molecule has 3 N–H and O–H groups in total. The maximum absolute atomic E-state index is 14.0. The van der Waals surface area contributed by atoms with Crippen molar-refractivity contribution in [2.75, 3.05) is 18.6 Å². The Morgan fingerprint density at radius 1 is 1.00 bits per heavy atom. The van der Waals surface area contributed by atoms with Crippen LogP contribution in [-0.4, -0.2) is 66.6 Å². The Morgan fingerprint density at radius 3 is 2.32 bits per heavy atom. The third kappa shape index (κ3) is 7.29. The van der Waals surface area contributed by atoms with E-state index in [-0.39, 0.29) is 18.6 Å². The number of anilines is 1. The fourth-order valence-electron chi connectivity index (χ4n) is 5.50. The topological polar surface area (TPSA) is 161 Å². The van der Waals surface area contributed by atoms with E-state index in [0.29, 0.717) is 35.6 Å². The largest absolute Gasteiger partial charge is 0.497 e. The van der Waals surface area contributed by atoms with Crippen LogP contribution in [-0.2, 0) is 32.0 Å². The number of Topliss-reactive ketones (excluding diaryl/α,β-unsaturated/α-hetero) is 1. The number of carboxylic acids is 1. The number of methoxy groups -OCH3 is 1. The fraction of sp³-hybridized carbons (Fsp3) is 0.281. The first-order valence-corrected chi connectivity index (χ1v) is 14.3. The van der Waals surface area contributed by atoms with Crippen LogP contribution in [0.3, 0.4) is 0 Å². The number of amides is 3. The molecule has 0 aliphatic carbocycles. The van der Waals surface area contributed by atoms with Gasteiger partial charge >= 0.3 is 12.1 Å². The van der Waals surface area contributed by atoms with Gasteiger partial charge < -0.3 is 30.0 Å². The summed E-state index contributed by atoms with van der Waals surface area (Å²) in [7, 11) is 1.48. The van der Waals surface area contributed by atoms with Gasteiger partial charge in [0.1, 0.15) is 42.0 Å². The zero-order valence-electron chi connectivity index (χ0n) is 24.8. The lowest BCUT2D eigenvalue weighted by Crippen LogP contribution is -2.57. The van der Waals surface area contributed by atoms with Gasteiger partial charge in [0, 0.05) is 18.6 Å². The molecule has 3 aromatic rings. The van der Waals surface area contributed by atoms with Crippen LogP contribution in [0.5, 0.6) is 17.2 Å². The molecule has 3 amide bonds. The van der Waals surface area contributed by atoms with Gasteiger partial charge in [0.2, 0.25) is 11.8 Å². The van der Waals surface area contributed by atoms with Crippen molar-refractivity contribution >= 4 is 35.3 Å². The summed E-state index contributed by atoms with van der Waals surface area (Å²) in [5.41, 5.74) is 1.84. The van der Waals surface area contributed by atoms with Crippen molar-refractivity contribution in [3.63, 3.8) is 0 Å². The Morgan fingerprint density at radius 2 is 1.66 bits per heavy atom. The molecule has 0 spiro atoms. The van der Waals surface area contributed by atoms with Crippen LogP contribution in [0.15, 0.2) is 54.6 Å². The van der Waals surface area contributed by atoms with Crippen molar-refractivity contribution in [1.29, 1.82) is 0 Å². The molecule has 12 nitrogen and oxygen atoms in total. The number of nitrogens with zero attached hydrogens (tertiary/aromatic N) is 1. The van der Waals surface area contributed by atoms with E-state index in [2.05, 4.69) is 10.6 Å². The normalized spacial score (nSPS) is 17.2. The van der Waals surface area contributed by atoms with Crippen molar-refractivity contribution in [2.45, 2.75) is 43.8 Å². The molecule has 47 heavy (non-hydrogen) atoms. The van der Waals surface area contributed by atoms with Crippen LogP contribution in [0.2, 0.25) is 0 Å². The molecular formula is C32H28F3N3O9. The summed E-state index contributed by atoms with van der Waals surface area (Å²) in [6, 6.07) is 8.03. The summed E-state index contributed by atoms with van der Waals surface area (Å²) in [6.45, 7) is -1.06. The summed E-state index contributed by atoms with van der Waals surface area (Å²) in [4.78, 5) is 66.0.